The predicted octanol–water partition coefficient (Wildman–Crippen LogP) is 2.71. The van der Waals surface area contributed by atoms with Crippen LogP contribution >= 0.6 is 0 Å². The summed E-state index contributed by atoms with van der Waals surface area (Å²) in [5.74, 6) is 1.43. The number of methoxy groups -OCH3 is 1. The van der Waals surface area contributed by atoms with Gasteiger partial charge in [-0.05, 0) is 37.5 Å². The summed E-state index contributed by atoms with van der Waals surface area (Å²) in [5.41, 5.74) is 2.85. The third-order valence-corrected chi connectivity index (χ3v) is 3.76. The molecule has 5 nitrogen and oxygen atoms in total. The van der Waals surface area contributed by atoms with Crippen molar-refractivity contribution in [3.8, 4) is 17.1 Å². The molecule has 1 fully saturated rings. The molecular formula is C16H20N4O. The summed E-state index contributed by atoms with van der Waals surface area (Å²) >= 11 is 0. The first-order valence-corrected chi connectivity index (χ1v) is 7.44. The Morgan fingerprint density at radius 1 is 1.24 bits per heavy atom. The molecule has 0 saturated carbocycles. The van der Waals surface area contributed by atoms with E-state index in [1.54, 1.807) is 13.3 Å². The lowest BCUT2D eigenvalue weighted by Crippen LogP contribution is -2.21. The van der Waals surface area contributed by atoms with Crippen LogP contribution in [0.4, 0.5) is 5.95 Å². The summed E-state index contributed by atoms with van der Waals surface area (Å²) in [6, 6.07) is 5.92. The fourth-order valence-corrected chi connectivity index (χ4v) is 2.61. The molecule has 1 aliphatic rings. The van der Waals surface area contributed by atoms with E-state index < -0.39 is 0 Å². The van der Waals surface area contributed by atoms with Crippen molar-refractivity contribution in [2.45, 2.75) is 26.2 Å². The molecule has 0 radical (unpaired) electrons. The monoisotopic (exact) mass is 284 g/mol. The third-order valence-electron chi connectivity index (χ3n) is 3.76. The molecular weight excluding hydrogens is 264 g/mol. The van der Waals surface area contributed by atoms with Crippen LogP contribution in [-0.2, 0) is 6.42 Å². The van der Waals surface area contributed by atoms with Gasteiger partial charge in [-0.15, -0.1) is 0 Å². The Kier molecular flexibility index (Phi) is 3.99. The molecule has 3 rings (SSSR count). The highest BCUT2D eigenvalue weighted by Gasteiger charge is 2.18. The van der Waals surface area contributed by atoms with Crippen LogP contribution in [0.15, 0.2) is 24.4 Å². The Balaban J connectivity index is 2.06. The van der Waals surface area contributed by atoms with Crippen LogP contribution in [0.3, 0.4) is 0 Å². The fourth-order valence-electron chi connectivity index (χ4n) is 2.61. The molecule has 0 bridgehead atoms. The Morgan fingerprint density at radius 2 is 2.05 bits per heavy atom. The maximum Gasteiger partial charge on any atom is 0.226 e. The first-order valence-electron chi connectivity index (χ1n) is 7.44. The molecule has 1 saturated heterocycles. The molecule has 2 aromatic heterocycles. The Morgan fingerprint density at radius 3 is 2.76 bits per heavy atom. The van der Waals surface area contributed by atoms with Gasteiger partial charge in [0.05, 0.1) is 18.4 Å². The van der Waals surface area contributed by atoms with E-state index in [2.05, 4.69) is 21.8 Å². The largest absolute Gasteiger partial charge is 0.481 e. The van der Waals surface area contributed by atoms with Crippen LogP contribution in [0.2, 0.25) is 0 Å². The van der Waals surface area contributed by atoms with E-state index in [1.165, 1.54) is 12.8 Å². The highest BCUT2D eigenvalue weighted by Crippen LogP contribution is 2.28. The van der Waals surface area contributed by atoms with E-state index in [0.29, 0.717) is 5.88 Å². The number of hydrogen-bond acceptors (Lipinski definition) is 5. The minimum Gasteiger partial charge on any atom is -0.481 e. The number of ether oxygens (including phenoxy) is 1. The molecule has 0 aliphatic carbocycles. The molecule has 0 amide bonds. The second kappa shape index (κ2) is 6.08. The lowest BCUT2D eigenvalue weighted by atomic mass is 10.1. The normalized spacial score (nSPS) is 14.5. The minimum atomic E-state index is 0.602. The molecule has 0 aromatic carbocycles. The van der Waals surface area contributed by atoms with Crippen LogP contribution in [0.25, 0.3) is 11.3 Å². The van der Waals surface area contributed by atoms with Gasteiger partial charge in [0.15, 0.2) is 0 Å². The van der Waals surface area contributed by atoms with E-state index >= 15 is 0 Å². The van der Waals surface area contributed by atoms with E-state index in [4.69, 9.17) is 9.72 Å². The zero-order chi connectivity index (χ0) is 14.7. The van der Waals surface area contributed by atoms with Gasteiger partial charge < -0.3 is 9.64 Å². The number of hydrogen-bond donors (Lipinski definition) is 0. The fraction of sp³-hybridized carbons (Fsp3) is 0.438. The van der Waals surface area contributed by atoms with Crippen LogP contribution in [-0.4, -0.2) is 35.2 Å². The van der Waals surface area contributed by atoms with Crippen LogP contribution in [0, 0.1) is 0 Å². The SMILES string of the molecule is CCc1cc(-c2cccnc2OC)nc(N2CCCC2)n1. The zero-order valence-electron chi connectivity index (χ0n) is 12.5. The Hall–Kier alpha value is -2.17. The van der Waals surface area contributed by atoms with Gasteiger partial charge in [-0.3, -0.25) is 0 Å². The molecule has 2 aromatic rings. The lowest BCUT2D eigenvalue weighted by Gasteiger charge is -2.17. The van der Waals surface area contributed by atoms with Crippen molar-refractivity contribution in [1.82, 2.24) is 15.0 Å². The summed E-state index contributed by atoms with van der Waals surface area (Å²) < 4.78 is 5.35. The highest BCUT2D eigenvalue weighted by atomic mass is 16.5. The summed E-state index contributed by atoms with van der Waals surface area (Å²) in [6.45, 7) is 4.19. The van der Waals surface area contributed by atoms with Gasteiger partial charge in [-0.25, -0.2) is 15.0 Å². The van der Waals surface area contributed by atoms with Crippen molar-refractivity contribution in [3.05, 3.63) is 30.1 Å². The van der Waals surface area contributed by atoms with Crippen molar-refractivity contribution in [2.75, 3.05) is 25.1 Å². The summed E-state index contributed by atoms with van der Waals surface area (Å²) in [5, 5.41) is 0. The molecule has 5 heteroatoms. The minimum absolute atomic E-state index is 0.602. The van der Waals surface area contributed by atoms with Gasteiger partial charge in [0.1, 0.15) is 0 Å². The van der Waals surface area contributed by atoms with Gasteiger partial charge in [0.25, 0.3) is 0 Å². The average molecular weight is 284 g/mol. The van der Waals surface area contributed by atoms with Gasteiger partial charge >= 0.3 is 0 Å². The Labute approximate surface area is 125 Å². The van der Waals surface area contributed by atoms with Gasteiger partial charge in [-0.2, -0.15) is 0 Å². The molecule has 3 heterocycles. The molecule has 0 atom stereocenters. The maximum atomic E-state index is 5.35. The lowest BCUT2D eigenvalue weighted by molar-refractivity contribution is 0.399. The van der Waals surface area contributed by atoms with E-state index in [9.17, 15) is 0 Å². The molecule has 0 unspecified atom stereocenters. The van der Waals surface area contributed by atoms with Gasteiger partial charge in [0, 0.05) is 25.0 Å². The van der Waals surface area contributed by atoms with Crippen LogP contribution < -0.4 is 9.64 Å². The third kappa shape index (κ3) is 2.82. The van der Waals surface area contributed by atoms with Crippen molar-refractivity contribution in [2.24, 2.45) is 0 Å². The quantitative estimate of drug-likeness (QED) is 0.864. The summed E-state index contributed by atoms with van der Waals surface area (Å²) in [7, 11) is 1.63. The van der Waals surface area contributed by atoms with E-state index in [0.717, 1.165) is 42.4 Å². The molecule has 0 spiro atoms. The first-order chi connectivity index (χ1) is 10.3. The Bertz CT molecular complexity index is 623. The summed E-state index contributed by atoms with van der Waals surface area (Å²) in [6.07, 6.45) is 5.04. The smallest absolute Gasteiger partial charge is 0.226 e. The average Bonchev–Trinajstić information content (AvgIpc) is 3.09. The predicted molar refractivity (Wildman–Crippen MR) is 82.6 cm³/mol. The molecule has 0 N–H and O–H groups in total. The van der Waals surface area contributed by atoms with Crippen LogP contribution in [0.5, 0.6) is 5.88 Å². The summed E-state index contributed by atoms with van der Waals surface area (Å²) in [4.78, 5) is 15.9. The number of aromatic nitrogens is 3. The first kappa shape index (κ1) is 13.8. The van der Waals surface area contributed by atoms with Crippen molar-refractivity contribution in [1.29, 1.82) is 0 Å². The zero-order valence-corrected chi connectivity index (χ0v) is 12.5. The second-order valence-corrected chi connectivity index (χ2v) is 5.15. The maximum absolute atomic E-state index is 5.35. The van der Waals surface area contributed by atoms with Crippen LogP contribution in [0.1, 0.15) is 25.5 Å². The highest BCUT2D eigenvalue weighted by molar-refractivity contribution is 5.66. The van der Waals surface area contributed by atoms with Crippen molar-refractivity contribution < 1.29 is 4.74 Å². The van der Waals surface area contributed by atoms with Gasteiger partial charge in [0.2, 0.25) is 11.8 Å². The molecule has 1 aliphatic heterocycles. The number of nitrogens with zero attached hydrogens (tertiary/aromatic N) is 4. The second-order valence-electron chi connectivity index (χ2n) is 5.15. The number of anilines is 1. The van der Waals surface area contributed by atoms with Gasteiger partial charge in [-0.1, -0.05) is 6.92 Å². The van der Waals surface area contributed by atoms with Crippen molar-refractivity contribution >= 4 is 5.95 Å². The number of pyridine rings is 1. The van der Waals surface area contributed by atoms with Crippen molar-refractivity contribution in [3.63, 3.8) is 0 Å². The number of aryl methyl sites for hydroxylation is 1. The molecule has 21 heavy (non-hydrogen) atoms. The molecule has 110 valence electrons. The number of rotatable bonds is 4. The van der Waals surface area contributed by atoms with E-state index in [1.807, 2.05) is 18.2 Å². The van der Waals surface area contributed by atoms with E-state index in [-0.39, 0.29) is 0 Å². The standard InChI is InChI=1S/C16H20N4O/c1-3-12-11-14(13-7-6-8-17-15(13)21-2)19-16(18-12)20-9-4-5-10-20/h6-8,11H,3-5,9-10H2,1-2H3. The topological polar surface area (TPSA) is 51.1 Å².